The van der Waals surface area contributed by atoms with E-state index in [2.05, 4.69) is 18.1 Å². The highest BCUT2D eigenvalue weighted by Crippen LogP contribution is 2.37. The Morgan fingerprint density at radius 1 is 0.581 bits per heavy atom. The van der Waals surface area contributed by atoms with Crippen LogP contribution in [0.1, 0.15) is 6.92 Å². The van der Waals surface area contributed by atoms with Gasteiger partial charge in [-0.05, 0) is 103 Å². The van der Waals surface area contributed by atoms with E-state index in [9.17, 15) is 9.59 Å². The molecule has 0 atom stereocenters. The smallest absolute Gasteiger partial charge is 0.338 e. The summed E-state index contributed by atoms with van der Waals surface area (Å²) in [6, 6.07) is 40.2. The lowest BCUT2D eigenvalue weighted by atomic mass is 10.0. The Labute approximate surface area is 250 Å². The second-order valence-electron chi connectivity index (χ2n) is 9.60. The van der Waals surface area contributed by atoms with Crippen molar-refractivity contribution >= 4 is 29.0 Å². The lowest BCUT2D eigenvalue weighted by molar-refractivity contribution is -0.130. The maximum atomic E-state index is 12.0. The van der Waals surface area contributed by atoms with E-state index in [1.54, 1.807) is 31.2 Å². The molecule has 43 heavy (non-hydrogen) atoms. The fourth-order valence-electron chi connectivity index (χ4n) is 4.27. The maximum Gasteiger partial charge on any atom is 0.338 e. The predicted octanol–water partition coefficient (Wildman–Crippen LogP) is 9.19. The lowest BCUT2D eigenvalue weighted by Crippen LogP contribution is -2.11. The van der Waals surface area contributed by atoms with Crippen LogP contribution < -0.4 is 19.1 Å². The van der Waals surface area contributed by atoms with Crippen LogP contribution in [-0.2, 0) is 9.59 Å². The Morgan fingerprint density at radius 2 is 1.00 bits per heavy atom. The molecule has 0 amide bonds. The first-order chi connectivity index (χ1) is 20.9. The SMILES string of the molecule is C=CC(=O)Oc1ccc(-c2ccc(N(c3ccc(OC(=O)C(=C)C)cc3)c3ccc(Oc4ccccc4)cc3)cc2)cc1. The van der Waals surface area contributed by atoms with E-state index in [0.29, 0.717) is 17.1 Å². The Balaban J connectivity index is 1.43. The van der Waals surface area contributed by atoms with Crippen molar-refractivity contribution in [1.29, 1.82) is 0 Å². The number of esters is 2. The quantitative estimate of drug-likeness (QED) is 0.0952. The first-order valence-corrected chi connectivity index (χ1v) is 13.6. The molecule has 0 aliphatic heterocycles. The number of rotatable bonds is 10. The minimum absolute atomic E-state index is 0.330. The fraction of sp³-hybridized carbons (Fsp3) is 0.0270. The number of benzene rings is 5. The van der Waals surface area contributed by atoms with Gasteiger partial charge in [-0.1, -0.05) is 55.6 Å². The normalized spacial score (nSPS) is 10.3. The third kappa shape index (κ3) is 7.26. The van der Waals surface area contributed by atoms with Gasteiger partial charge in [-0.2, -0.15) is 0 Å². The van der Waals surface area contributed by atoms with Crippen molar-refractivity contribution in [2.45, 2.75) is 6.92 Å². The Morgan fingerprint density at radius 3 is 1.51 bits per heavy atom. The summed E-state index contributed by atoms with van der Waals surface area (Å²) >= 11 is 0. The highest BCUT2D eigenvalue weighted by Gasteiger charge is 2.14. The number of ether oxygens (including phenoxy) is 3. The van der Waals surface area contributed by atoms with Crippen LogP contribution in [-0.4, -0.2) is 11.9 Å². The molecule has 0 N–H and O–H groups in total. The molecule has 6 nitrogen and oxygen atoms in total. The van der Waals surface area contributed by atoms with Crippen LogP contribution in [0.2, 0.25) is 0 Å². The topological polar surface area (TPSA) is 65.1 Å². The number of nitrogens with zero attached hydrogens (tertiary/aromatic N) is 1. The standard InChI is InChI=1S/C37H29NO5/c1-4-36(39)42-34-20-12-28(13-21-34)27-10-14-29(15-11-27)38(31-18-24-35(25-19-31)43-37(40)26(2)3)30-16-22-33(23-17-30)41-32-8-6-5-7-9-32/h4-25H,1-2H2,3H3. The summed E-state index contributed by atoms with van der Waals surface area (Å²) in [5.41, 5.74) is 5.00. The van der Waals surface area contributed by atoms with E-state index in [1.807, 2.05) is 103 Å². The van der Waals surface area contributed by atoms with Gasteiger partial charge in [0.1, 0.15) is 23.0 Å². The van der Waals surface area contributed by atoms with Crippen LogP contribution in [0.4, 0.5) is 17.1 Å². The zero-order valence-corrected chi connectivity index (χ0v) is 23.6. The maximum absolute atomic E-state index is 12.0. The second kappa shape index (κ2) is 13.2. The number of anilines is 3. The van der Waals surface area contributed by atoms with Crippen molar-refractivity contribution in [2.24, 2.45) is 0 Å². The predicted molar refractivity (Wildman–Crippen MR) is 169 cm³/mol. The van der Waals surface area contributed by atoms with Gasteiger partial charge in [0.05, 0.1) is 0 Å². The molecule has 0 radical (unpaired) electrons. The zero-order valence-electron chi connectivity index (χ0n) is 23.6. The molecule has 0 aromatic heterocycles. The molecule has 0 saturated carbocycles. The Hall–Kier alpha value is -5.88. The number of hydrogen-bond donors (Lipinski definition) is 0. The summed E-state index contributed by atoms with van der Waals surface area (Å²) in [6.45, 7) is 8.68. The summed E-state index contributed by atoms with van der Waals surface area (Å²) in [5.74, 6) is 1.39. The van der Waals surface area contributed by atoms with Crippen LogP contribution in [0, 0.1) is 0 Å². The molecule has 0 saturated heterocycles. The molecular weight excluding hydrogens is 538 g/mol. The summed E-state index contributed by atoms with van der Waals surface area (Å²) in [5, 5.41) is 0. The molecule has 212 valence electrons. The van der Waals surface area contributed by atoms with Gasteiger partial charge in [0.25, 0.3) is 0 Å². The lowest BCUT2D eigenvalue weighted by Gasteiger charge is -2.26. The Bertz CT molecular complexity index is 1730. The van der Waals surface area contributed by atoms with E-state index in [0.717, 1.165) is 45.8 Å². The molecule has 0 spiro atoms. The number of carbonyl (C=O) groups excluding carboxylic acids is 2. The van der Waals surface area contributed by atoms with Crippen molar-refractivity contribution in [3.05, 3.63) is 152 Å². The largest absolute Gasteiger partial charge is 0.457 e. The molecular formula is C37H29NO5. The monoisotopic (exact) mass is 567 g/mol. The van der Waals surface area contributed by atoms with Crippen molar-refractivity contribution < 1.29 is 23.8 Å². The molecule has 0 aliphatic rings. The summed E-state index contributed by atoms with van der Waals surface area (Å²) in [7, 11) is 0. The summed E-state index contributed by atoms with van der Waals surface area (Å²) in [6.07, 6.45) is 1.13. The molecule has 0 fully saturated rings. The van der Waals surface area contributed by atoms with Gasteiger partial charge < -0.3 is 19.1 Å². The van der Waals surface area contributed by atoms with Crippen molar-refractivity contribution in [3.8, 4) is 34.1 Å². The molecule has 5 aromatic rings. The van der Waals surface area contributed by atoms with Crippen molar-refractivity contribution in [1.82, 2.24) is 0 Å². The molecule has 0 heterocycles. The van der Waals surface area contributed by atoms with Crippen LogP contribution in [0.15, 0.2) is 152 Å². The van der Waals surface area contributed by atoms with E-state index < -0.39 is 11.9 Å². The molecule has 0 bridgehead atoms. The Kier molecular flexibility index (Phi) is 8.78. The number of para-hydroxylation sites is 1. The van der Waals surface area contributed by atoms with E-state index in [4.69, 9.17) is 14.2 Å². The average Bonchev–Trinajstić information content (AvgIpc) is 3.04. The number of carbonyl (C=O) groups is 2. The van der Waals surface area contributed by atoms with Gasteiger partial charge in [0.15, 0.2) is 0 Å². The first-order valence-electron chi connectivity index (χ1n) is 13.6. The van der Waals surface area contributed by atoms with Crippen LogP contribution in [0.5, 0.6) is 23.0 Å². The molecule has 0 aliphatic carbocycles. The molecule has 5 aromatic carbocycles. The summed E-state index contributed by atoms with van der Waals surface area (Å²) in [4.78, 5) is 25.6. The van der Waals surface area contributed by atoms with Gasteiger partial charge in [-0.15, -0.1) is 0 Å². The van der Waals surface area contributed by atoms with Crippen molar-refractivity contribution in [3.63, 3.8) is 0 Å². The van der Waals surface area contributed by atoms with Gasteiger partial charge in [0, 0.05) is 28.7 Å². The van der Waals surface area contributed by atoms with Crippen molar-refractivity contribution in [2.75, 3.05) is 4.90 Å². The molecule has 5 rings (SSSR count). The highest BCUT2D eigenvalue weighted by molar-refractivity contribution is 5.89. The minimum Gasteiger partial charge on any atom is -0.457 e. The molecule has 0 unspecified atom stereocenters. The minimum atomic E-state index is -0.501. The van der Waals surface area contributed by atoms with Gasteiger partial charge >= 0.3 is 11.9 Å². The third-order valence-corrected chi connectivity index (χ3v) is 6.43. The molecule has 6 heteroatoms. The highest BCUT2D eigenvalue weighted by atomic mass is 16.5. The van der Waals surface area contributed by atoms with E-state index >= 15 is 0 Å². The van der Waals surface area contributed by atoms with E-state index in [-0.39, 0.29) is 0 Å². The van der Waals surface area contributed by atoms with Crippen LogP contribution in [0.25, 0.3) is 11.1 Å². The van der Waals surface area contributed by atoms with Crippen LogP contribution in [0.3, 0.4) is 0 Å². The fourth-order valence-corrected chi connectivity index (χ4v) is 4.27. The zero-order chi connectivity index (χ0) is 30.2. The first kappa shape index (κ1) is 28.6. The average molecular weight is 568 g/mol. The van der Waals surface area contributed by atoms with Gasteiger partial charge in [-0.25, -0.2) is 9.59 Å². The van der Waals surface area contributed by atoms with E-state index in [1.165, 1.54) is 0 Å². The van der Waals surface area contributed by atoms with Gasteiger partial charge in [-0.3, -0.25) is 0 Å². The summed E-state index contributed by atoms with van der Waals surface area (Å²) < 4.78 is 16.6. The van der Waals surface area contributed by atoms with Crippen LogP contribution >= 0.6 is 0 Å². The number of hydrogen-bond acceptors (Lipinski definition) is 6. The third-order valence-electron chi connectivity index (χ3n) is 6.43. The van der Waals surface area contributed by atoms with Gasteiger partial charge in [0.2, 0.25) is 0 Å². The second-order valence-corrected chi connectivity index (χ2v) is 9.60.